The third-order valence-electron chi connectivity index (χ3n) is 1.31. The summed E-state index contributed by atoms with van der Waals surface area (Å²) in [5.41, 5.74) is 0.196. The number of rotatable bonds is 3. The molecule has 0 aliphatic carbocycles. The van der Waals surface area contributed by atoms with Crippen LogP contribution in [0.1, 0.15) is 21.9 Å². The van der Waals surface area contributed by atoms with E-state index in [0.717, 1.165) is 11.3 Å². The van der Waals surface area contributed by atoms with Gasteiger partial charge in [-0.25, -0.2) is 4.98 Å². The van der Waals surface area contributed by atoms with Gasteiger partial charge in [0.05, 0.1) is 5.01 Å². The van der Waals surface area contributed by atoms with E-state index in [0.29, 0.717) is 11.3 Å². The molecule has 1 heterocycles. The molecule has 0 aromatic carbocycles. The number of carbonyl (C=O) groups is 1. The van der Waals surface area contributed by atoms with Crippen LogP contribution in [0.25, 0.3) is 0 Å². The predicted molar refractivity (Wildman–Crippen MR) is 41.9 cm³/mol. The summed E-state index contributed by atoms with van der Waals surface area (Å²) in [7, 11) is 0. The Kier molecular flexibility index (Phi) is 3.02. The molecule has 72 valence electrons. The second kappa shape index (κ2) is 3.87. The molecule has 0 fully saturated rings. The molecule has 0 atom stereocenters. The van der Waals surface area contributed by atoms with Gasteiger partial charge in [-0.05, 0) is 0 Å². The first-order valence-electron chi connectivity index (χ1n) is 3.47. The SMILES string of the molecule is O=Cc1csc(CCC(F)(F)F)n1. The average Bonchev–Trinajstić information content (AvgIpc) is 2.47. The number of aromatic nitrogens is 1. The van der Waals surface area contributed by atoms with Crippen LogP contribution in [0.2, 0.25) is 0 Å². The molecule has 0 N–H and O–H groups in total. The van der Waals surface area contributed by atoms with E-state index < -0.39 is 12.6 Å². The molecule has 1 aromatic rings. The molecule has 0 saturated carbocycles. The third-order valence-corrected chi connectivity index (χ3v) is 2.24. The predicted octanol–water partition coefficient (Wildman–Crippen LogP) is 2.45. The number of aryl methyl sites for hydroxylation is 1. The van der Waals surface area contributed by atoms with Gasteiger partial charge >= 0.3 is 6.18 Å². The van der Waals surface area contributed by atoms with Gasteiger partial charge in [0.1, 0.15) is 5.69 Å². The summed E-state index contributed by atoms with van der Waals surface area (Å²) in [6.07, 6.45) is -4.68. The number of halogens is 3. The molecule has 0 radical (unpaired) electrons. The van der Waals surface area contributed by atoms with Crippen LogP contribution in [-0.4, -0.2) is 17.4 Å². The maximum atomic E-state index is 11.7. The van der Waals surface area contributed by atoms with E-state index in [4.69, 9.17) is 0 Å². The number of hydrogen-bond donors (Lipinski definition) is 0. The lowest BCUT2D eigenvalue weighted by Gasteiger charge is -2.02. The molecule has 0 spiro atoms. The minimum atomic E-state index is -4.16. The first-order chi connectivity index (χ1) is 6.01. The first kappa shape index (κ1) is 10.2. The number of thiazole rings is 1. The quantitative estimate of drug-likeness (QED) is 0.715. The average molecular weight is 209 g/mol. The van der Waals surface area contributed by atoms with Crippen LogP contribution in [0.5, 0.6) is 0 Å². The highest BCUT2D eigenvalue weighted by Crippen LogP contribution is 2.23. The summed E-state index contributed by atoms with van der Waals surface area (Å²) >= 11 is 1.07. The summed E-state index contributed by atoms with van der Waals surface area (Å²) in [4.78, 5) is 13.8. The zero-order valence-electron chi connectivity index (χ0n) is 6.47. The van der Waals surface area contributed by atoms with Gasteiger partial charge in [-0.15, -0.1) is 11.3 Å². The van der Waals surface area contributed by atoms with Crippen molar-refractivity contribution in [1.29, 1.82) is 0 Å². The van der Waals surface area contributed by atoms with E-state index >= 15 is 0 Å². The van der Waals surface area contributed by atoms with Crippen molar-refractivity contribution in [2.75, 3.05) is 0 Å². The number of hydrogen-bond acceptors (Lipinski definition) is 3. The Labute approximate surface area is 76.4 Å². The van der Waals surface area contributed by atoms with Gasteiger partial charge in [0.15, 0.2) is 6.29 Å². The molecule has 2 nitrogen and oxygen atoms in total. The van der Waals surface area contributed by atoms with E-state index in [9.17, 15) is 18.0 Å². The van der Waals surface area contributed by atoms with Crippen LogP contribution in [0.3, 0.4) is 0 Å². The lowest BCUT2D eigenvalue weighted by atomic mass is 10.3. The van der Waals surface area contributed by atoms with Crippen LogP contribution in [0, 0.1) is 0 Å². The van der Waals surface area contributed by atoms with Crippen LogP contribution in [0.4, 0.5) is 13.2 Å². The molecule has 0 saturated heterocycles. The Morgan fingerprint density at radius 1 is 1.54 bits per heavy atom. The second-order valence-corrected chi connectivity index (χ2v) is 3.34. The highest BCUT2D eigenvalue weighted by molar-refractivity contribution is 7.09. The molecule has 1 aromatic heterocycles. The van der Waals surface area contributed by atoms with E-state index in [-0.39, 0.29) is 12.1 Å². The van der Waals surface area contributed by atoms with Crippen molar-refractivity contribution >= 4 is 17.6 Å². The van der Waals surface area contributed by atoms with Crippen molar-refractivity contribution in [3.63, 3.8) is 0 Å². The summed E-state index contributed by atoms with van der Waals surface area (Å²) in [5.74, 6) is 0. The number of aldehydes is 1. The van der Waals surface area contributed by atoms with Crippen LogP contribution in [0.15, 0.2) is 5.38 Å². The molecular formula is C7H6F3NOS. The number of nitrogens with zero attached hydrogens (tertiary/aromatic N) is 1. The van der Waals surface area contributed by atoms with Crippen molar-refractivity contribution in [3.05, 3.63) is 16.1 Å². The maximum absolute atomic E-state index is 11.7. The number of alkyl halides is 3. The molecule has 0 amide bonds. The Morgan fingerprint density at radius 2 is 2.23 bits per heavy atom. The van der Waals surface area contributed by atoms with Gasteiger partial charge in [0.25, 0.3) is 0 Å². The van der Waals surface area contributed by atoms with Crippen molar-refractivity contribution in [2.24, 2.45) is 0 Å². The lowest BCUT2D eigenvalue weighted by molar-refractivity contribution is -0.133. The monoisotopic (exact) mass is 209 g/mol. The molecule has 0 aliphatic heterocycles. The largest absolute Gasteiger partial charge is 0.389 e. The Bertz CT molecular complexity index is 294. The molecule has 13 heavy (non-hydrogen) atoms. The topological polar surface area (TPSA) is 30.0 Å². The molecule has 6 heteroatoms. The zero-order valence-corrected chi connectivity index (χ0v) is 7.28. The lowest BCUT2D eigenvalue weighted by Crippen LogP contribution is -2.08. The van der Waals surface area contributed by atoms with Crippen molar-refractivity contribution in [2.45, 2.75) is 19.0 Å². The summed E-state index contributed by atoms with van der Waals surface area (Å²) in [6, 6.07) is 0. The first-order valence-corrected chi connectivity index (χ1v) is 4.35. The molecule has 0 bridgehead atoms. The van der Waals surface area contributed by atoms with Gasteiger partial charge < -0.3 is 0 Å². The van der Waals surface area contributed by atoms with Crippen molar-refractivity contribution < 1.29 is 18.0 Å². The summed E-state index contributed by atoms with van der Waals surface area (Å²) in [5, 5.41) is 1.79. The van der Waals surface area contributed by atoms with Crippen LogP contribution in [-0.2, 0) is 6.42 Å². The molecule has 0 unspecified atom stereocenters. The van der Waals surface area contributed by atoms with Gasteiger partial charge in [-0.3, -0.25) is 4.79 Å². The molecule has 1 rings (SSSR count). The van der Waals surface area contributed by atoms with E-state index in [1.165, 1.54) is 5.38 Å². The number of carbonyl (C=O) groups excluding carboxylic acids is 1. The van der Waals surface area contributed by atoms with Gasteiger partial charge in [0.2, 0.25) is 0 Å². The highest BCUT2D eigenvalue weighted by atomic mass is 32.1. The third kappa shape index (κ3) is 3.54. The second-order valence-electron chi connectivity index (χ2n) is 2.40. The highest BCUT2D eigenvalue weighted by Gasteiger charge is 2.26. The molecule has 0 aliphatic rings. The fourth-order valence-electron chi connectivity index (χ4n) is 0.743. The van der Waals surface area contributed by atoms with Gasteiger partial charge in [-0.1, -0.05) is 0 Å². The zero-order chi connectivity index (χ0) is 9.90. The molecular weight excluding hydrogens is 203 g/mol. The normalized spacial score (nSPS) is 11.6. The fraction of sp³-hybridized carbons (Fsp3) is 0.429. The summed E-state index contributed by atoms with van der Waals surface area (Å²) < 4.78 is 35.2. The smallest absolute Gasteiger partial charge is 0.296 e. The standard InChI is InChI=1S/C7H6F3NOS/c8-7(9,10)2-1-6-11-5(3-12)4-13-6/h3-4H,1-2H2. The van der Waals surface area contributed by atoms with Crippen LogP contribution >= 0.6 is 11.3 Å². The van der Waals surface area contributed by atoms with Crippen LogP contribution < -0.4 is 0 Å². The van der Waals surface area contributed by atoms with E-state index in [2.05, 4.69) is 4.98 Å². The minimum absolute atomic E-state index is 0.151. The Hall–Kier alpha value is -0.910. The maximum Gasteiger partial charge on any atom is 0.389 e. The Balaban J connectivity index is 2.50. The Morgan fingerprint density at radius 3 is 2.69 bits per heavy atom. The fourth-order valence-corrected chi connectivity index (χ4v) is 1.49. The summed E-state index contributed by atoms with van der Waals surface area (Å²) in [6.45, 7) is 0. The van der Waals surface area contributed by atoms with Crippen molar-refractivity contribution in [1.82, 2.24) is 4.98 Å². The van der Waals surface area contributed by atoms with E-state index in [1.54, 1.807) is 0 Å². The van der Waals surface area contributed by atoms with E-state index in [1.807, 2.05) is 0 Å². The van der Waals surface area contributed by atoms with Gasteiger partial charge in [-0.2, -0.15) is 13.2 Å². The minimum Gasteiger partial charge on any atom is -0.296 e. The van der Waals surface area contributed by atoms with Gasteiger partial charge in [0, 0.05) is 18.2 Å². The van der Waals surface area contributed by atoms with Crippen molar-refractivity contribution in [3.8, 4) is 0 Å².